The second-order valence-electron chi connectivity index (χ2n) is 4.23. The molecule has 1 aromatic carbocycles. The van der Waals surface area contributed by atoms with Crippen molar-refractivity contribution >= 4 is 17.5 Å². The van der Waals surface area contributed by atoms with Crippen LogP contribution in [0.1, 0.15) is 21.6 Å². The van der Waals surface area contributed by atoms with Crippen LogP contribution in [0.4, 0.5) is 24.7 Å². The Bertz CT molecular complexity index is 722. The van der Waals surface area contributed by atoms with E-state index in [1.54, 1.807) is 0 Å². The standard InChI is InChI=1S/C12H8F3N3O4/c1-6-9(18(20)21)11(22-17-6)16-10(19)7-2-4-8(5-3-7)12(13,14)15/h2-5H,1H3,(H,16,19). The number of benzene rings is 1. The normalized spacial score (nSPS) is 11.3. The Balaban J connectivity index is 2.21. The maximum atomic E-state index is 12.4. The molecule has 116 valence electrons. The number of alkyl halides is 3. The summed E-state index contributed by atoms with van der Waals surface area (Å²) in [6.07, 6.45) is -4.52. The Morgan fingerprint density at radius 1 is 1.32 bits per heavy atom. The Morgan fingerprint density at radius 2 is 1.91 bits per heavy atom. The molecule has 0 atom stereocenters. The molecular formula is C12H8F3N3O4. The number of hydrogen-bond acceptors (Lipinski definition) is 5. The lowest BCUT2D eigenvalue weighted by Gasteiger charge is -2.07. The maximum Gasteiger partial charge on any atom is 0.416 e. The summed E-state index contributed by atoms with van der Waals surface area (Å²) in [5.74, 6) is -1.33. The molecule has 0 aliphatic carbocycles. The van der Waals surface area contributed by atoms with Gasteiger partial charge in [-0.1, -0.05) is 5.16 Å². The molecule has 0 saturated heterocycles. The fourth-order valence-electron chi connectivity index (χ4n) is 1.65. The highest BCUT2D eigenvalue weighted by atomic mass is 19.4. The first kappa shape index (κ1) is 15.5. The van der Waals surface area contributed by atoms with E-state index in [1.807, 2.05) is 0 Å². The molecule has 1 N–H and O–H groups in total. The molecule has 0 bridgehead atoms. The first-order chi connectivity index (χ1) is 10.2. The summed E-state index contributed by atoms with van der Waals surface area (Å²) >= 11 is 0. The van der Waals surface area contributed by atoms with E-state index < -0.39 is 34.1 Å². The van der Waals surface area contributed by atoms with Gasteiger partial charge in [-0.3, -0.25) is 20.2 Å². The van der Waals surface area contributed by atoms with E-state index in [4.69, 9.17) is 0 Å². The van der Waals surface area contributed by atoms with Gasteiger partial charge in [-0.15, -0.1) is 0 Å². The van der Waals surface area contributed by atoms with Crippen LogP contribution in [0.2, 0.25) is 0 Å². The Hall–Kier alpha value is -2.91. The van der Waals surface area contributed by atoms with E-state index in [1.165, 1.54) is 6.92 Å². The van der Waals surface area contributed by atoms with Gasteiger partial charge in [0.15, 0.2) is 5.69 Å². The number of amides is 1. The average Bonchev–Trinajstić information content (AvgIpc) is 2.79. The summed E-state index contributed by atoms with van der Waals surface area (Å²) in [5, 5.41) is 16.3. The number of rotatable bonds is 3. The number of hydrogen-bond donors (Lipinski definition) is 1. The lowest BCUT2D eigenvalue weighted by molar-refractivity contribution is -0.384. The van der Waals surface area contributed by atoms with Gasteiger partial charge >= 0.3 is 17.7 Å². The number of anilines is 1. The monoisotopic (exact) mass is 315 g/mol. The number of nitro groups is 1. The van der Waals surface area contributed by atoms with E-state index in [9.17, 15) is 28.1 Å². The van der Waals surface area contributed by atoms with E-state index in [0.29, 0.717) is 0 Å². The Morgan fingerprint density at radius 3 is 2.41 bits per heavy atom. The third kappa shape index (κ3) is 3.05. The van der Waals surface area contributed by atoms with Crippen molar-refractivity contribution in [3.05, 3.63) is 51.2 Å². The second-order valence-corrected chi connectivity index (χ2v) is 4.23. The predicted octanol–water partition coefficient (Wildman–Crippen LogP) is 3.16. The molecule has 0 aliphatic heterocycles. The van der Waals surface area contributed by atoms with Gasteiger partial charge < -0.3 is 4.52 Å². The fraction of sp³-hybridized carbons (Fsp3) is 0.167. The minimum absolute atomic E-state index is 0.0345. The molecule has 10 heteroatoms. The van der Waals surface area contributed by atoms with Crippen molar-refractivity contribution < 1.29 is 27.4 Å². The summed E-state index contributed by atoms with van der Waals surface area (Å²) in [4.78, 5) is 21.9. The minimum atomic E-state index is -4.52. The number of nitrogens with one attached hydrogen (secondary N) is 1. The number of aromatic nitrogens is 1. The Labute approximate surface area is 120 Å². The third-order valence-electron chi connectivity index (χ3n) is 2.72. The molecule has 1 aromatic heterocycles. The number of carbonyl (C=O) groups is 1. The van der Waals surface area contributed by atoms with Gasteiger partial charge in [0.1, 0.15) is 0 Å². The first-order valence-electron chi connectivity index (χ1n) is 5.79. The van der Waals surface area contributed by atoms with Gasteiger partial charge in [-0.2, -0.15) is 13.2 Å². The topological polar surface area (TPSA) is 98.3 Å². The number of carbonyl (C=O) groups excluding carboxylic acids is 1. The Kier molecular flexibility index (Phi) is 3.85. The fourth-order valence-corrected chi connectivity index (χ4v) is 1.65. The van der Waals surface area contributed by atoms with Gasteiger partial charge in [0, 0.05) is 5.56 Å². The molecular weight excluding hydrogens is 307 g/mol. The van der Waals surface area contributed by atoms with Gasteiger partial charge in [0.2, 0.25) is 0 Å². The molecule has 0 unspecified atom stereocenters. The van der Waals surface area contributed by atoms with Gasteiger partial charge in [-0.25, -0.2) is 0 Å². The van der Waals surface area contributed by atoms with Crippen LogP contribution in [0.3, 0.4) is 0 Å². The quantitative estimate of drug-likeness (QED) is 0.693. The smallest absolute Gasteiger partial charge is 0.330 e. The van der Waals surface area contributed by atoms with Crippen molar-refractivity contribution in [1.29, 1.82) is 0 Å². The van der Waals surface area contributed by atoms with E-state index in [0.717, 1.165) is 24.3 Å². The molecule has 1 amide bonds. The minimum Gasteiger partial charge on any atom is -0.330 e. The van der Waals surface area contributed by atoms with Crippen LogP contribution in [-0.4, -0.2) is 16.0 Å². The molecule has 7 nitrogen and oxygen atoms in total. The highest BCUT2D eigenvalue weighted by Crippen LogP contribution is 2.30. The molecule has 1 heterocycles. The van der Waals surface area contributed by atoms with Gasteiger partial charge in [-0.05, 0) is 31.2 Å². The molecule has 2 aromatic rings. The van der Waals surface area contributed by atoms with Gasteiger partial charge in [0.05, 0.1) is 10.5 Å². The van der Waals surface area contributed by atoms with Crippen molar-refractivity contribution in [3.8, 4) is 0 Å². The number of halogens is 3. The highest BCUT2D eigenvalue weighted by Gasteiger charge is 2.30. The van der Waals surface area contributed by atoms with Crippen LogP contribution in [-0.2, 0) is 6.18 Å². The molecule has 2 rings (SSSR count). The highest BCUT2D eigenvalue weighted by molar-refractivity contribution is 6.04. The van der Waals surface area contributed by atoms with Crippen LogP contribution >= 0.6 is 0 Å². The van der Waals surface area contributed by atoms with E-state index in [-0.39, 0.29) is 11.3 Å². The molecule has 0 spiro atoms. The zero-order valence-corrected chi connectivity index (χ0v) is 11.0. The number of aryl methyl sites for hydroxylation is 1. The van der Waals surface area contributed by atoms with Crippen molar-refractivity contribution in [1.82, 2.24) is 5.16 Å². The lowest BCUT2D eigenvalue weighted by Crippen LogP contribution is -2.13. The zero-order chi connectivity index (χ0) is 16.5. The number of nitrogens with zero attached hydrogens (tertiary/aromatic N) is 2. The predicted molar refractivity (Wildman–Crippen MR) is 67.3 cm³/mol. The van der Waals surface area contributed by atoms with Crippen LogP contribution in [0, 0.1) is 17.0 Å². The summed E-state index contributed by atoms with van der Waals surface area (Å²) in [5.41, 5.74) is -1.57. The van der Waals surface area contributed by atoms with E-state index >= 15 is 0 Å². The van der Waals surface area contributed by atoms with Crippen LogP contribution in [0.5, 0.6) is 0 Å². The molecule has 0 radical (unpaired) electrons. The molecule has 0 saturated carbocycles. The average molecular weight is 315 g/mol. The van der Waals surface area contributed by atoms with Crippen molar-refractivity contribution in [2.24, 2.45) is 0 Å². The van der Waals surface area contributed by atoms with Crippen LogP contribution < -0.4 is 5.32 Å². The van der Waals surface area contributed by atoms with Crippen molar-refractivity contribution in [2.75, 3.05) is 5.32 Å². The maximum absolute atomic E-state index is 12.4. The van der Waals surface area contributed by atoms with Crippen molar-refractivity contribution in [3.63, 3.8) is 0 Å². The van der Waals surface area contributed by atoms with E-state index in [2.05, 4.69) is 15.0 Å². The van der Waals surface area contributed by atoms with Gasteiger partial charge in [0.25, 0.3) is 5.91 Å². The first-order valence-corrected chi connectivity index (χ1v) is 5.79. The third-order valence-corrected chi connectivity index (χ3v) is 2.72. The molecule has 0 fully saturated rings. The SMILES string of the molecule is Cc1noc(NC(=O)c2ccc(C(F)(F)F)cc2)c1[N+](=O)[O-]. The van der Waals surface area contributed by atoms with Crippen LogP contribution in [0.25, 0.3) is 0 Å². The van der Waals surface area contributed by atoms with Crippen LogP contribution in [0.15, 0.2) is 28.8 Å². The summed E-state index contributed by atoms with van der Waals surface area (Å²) < 4.78 is 41.9. The summed E-state index contributed by atoms with van der Waals surface area (Å²) in [6, 6.07) is 3.37. The van der Waals surface area contributed by atoms with Crippen molar-refractivity contribution in [2.45, 2.75) is 13.1 Å². The summed E-state index contributed by atoms with van der Waals surface area (Å²) in [6.45, 7) is 1.31. The molecule has 22 heavy (non-hydrogen) atoms. The summed E-state index contributed by atoms with van der Waals surface area (Å²) in [7, 11) is 0. The lowest BCUT2D eigenvalue weighted by atomic mass is 10.1. The zero-order valence-electron chi connectivity index (χ0n) is 11.0. The second kappa shape index (κ2) is 5.47. The molecule has 0 aliphatic rings. The largest absolute Gasteiger partial charge is 0.416 e.